The van der Waals surface area contributed by atoms with Gasteiger partial charge in [-0.1, -0.05) is 11.6 Å². The maximum Gasteiger partial charge on any atom is 0.134 e. The average molecular weight is 190 g/mol. The molecule has 0 aliphatic carbocycles. The second-order valence-electron chi connectivity index (χ2n) is 2.58. The molecule has 0 aliphatic rings. The summed E-state index contributed by atoms with van der Waals surface area (Å²) in [7, 11) is 0. The maximum absolute atomic E-state index is 13.0. The molecule has 1 aromatic carbocycles. The van der Waals surface area contributed by atoms with Crippen molar-refractivity contribution in [1.29, 1.82) is 0 Å². The molecule has 3 N–H and O–H groups in total. The molecular formula is C8H9ClFNO. The summed E-state index contributed by atoms with van der Waals surface area (Å²) in [6.45, 7) is 1.60. The molecule has 12 heavy (non-hydrogen) atoms. The van der Waals surface area contributed by atoms with Crippen molar-refractivity contribution in [2.75, 3.05) is 0 Å². The Labute approximate surface area is 74.8 Å². The average Bonchev–Trinajstić information content (AvgIpc) is 1.97. The van der Waals surface area contributed by atoms with Crippen LogP contribution in [0.4, 0.5) is 4.39 Å². The first-order valence-corrected chi connectivity index (χ1v) is 3.84. The van der Waals surface area contributed by atoms with Crippen LogP contribution in [0.2, 0.25) is 5.02 Å². The van der Waals surface area contributed by atoms with E-state index in [-0.39, 0.29) is 16.3 Å². The number of nitrogens with two attached hydrogens (primary N) is 1. The quantitative estimate of drug-likeness (QED) is 0.712. The summed E-state index contributed by atoms with van der Waals surface area (Å²) in [5, 5.41) is 9.11. The summed E-state index contributed by atoms with van der Waals surface area (Å²) in [5.41, 5.74) is 5.60. The van der Waals surface area contributed by atoms with Gasteiger partial charge in [0.05, 0.1) is 5.02 Å². The molecule has 0 radical (unpaired) electrons. The van der Waals surface area contributed by atoms with Crippen molar-refractivity contribution in [1.82, 2.24) is 0 Å². The summed E-state index contributed by atoms with van der Waals surface area (Å²) < 4.78 is 13.0. The highest BCUT2D eigenvalue weighted by molar-refractivity contribution is 6.32. The third-order valence-electron chi connectivity index (χ3n) is 1.56. The third-order valence-corrected chi connectivity index (χ3v) is 1.96. The van der Waals surface area contributed by atoms with Crippen molar-refractivity contribution in [3.8, 4) is 5.75 Å². The summed E-state index contributed by atoms with van der Waals surface area (Å²) in [5.74, 6) is -0.641. The van der Waals surface area contributed by atoms with Crippen molar-refractivity contribution in [3.63, 3.8) is 0 Å². The van der Waals surface area contributed by atoms with E-state index >= 15 is 0 Å². The molecule has 0 aliphatic heterocycles. The van der Waals surface area contributed by atoms with Crippen LogP contribution in [0.5, 0.6) is 5.75 Å². The van der Waals surface area contributed by atoms with Gasteiger partial charge in [0.2, 0.25) is 0 Å². The smallest absolute Gasteiger partial charge is 0.134 e. The van der Waals surface area contributed by atoms with Crippen LogP contribution in [0.3, 0.4) is 0 Å². The summed E-state index contributed by atoms with van der Waals surface area (Å²) >= 11 is 5.62. The molecule has 0 bridgehead atoms. The second-order valence-corrected chi connectivity index (χ2v) is 2.96. The Bertz CT molecular complexity index is 301. The van der Waals surface area contributed by atoms with E-state index in [2.05, 4.69) is 0 Å². The number of phenolic OH excluding ortho intramolecular Hbond substituents is 1. The zero-order chi connectivity index (χ0) is 9.30. The van der Waals surface area contributed by atoms with Crippen LogP contribution < -0.4 is 5.73 Å². The molecule has 0 heterocycles. The van der Waals surface area contributed by atoms with E-state index in [1.807, 2.05) is 0 Å². The molecule has 1 aromatic rings. The zero-order valence-electron chi connectivity index (χ0n) is 6.51. The first kappa shape index (κ1) is 9.29. The lowest BCUT2D eigenvalue weighted by Gasteiger charge is -2.09. The molecule has 0 saturated heterocycles. The van der Waals surface area contributed by atoms with Gasteiger partial charge in [-0.15, -0.1) is 0 Å². The molecule has 4 heteroatoms. The van der Waals surface area contributed by atoms with Crippen LogP contribution in [0.15, 0.2) is 12.1 Å². The van der Waals surface area contributed by atoms with E-state index in [4.69, 9.17) is 22.4 Å². The molecular weight excluding hydrogens is 181 g/mol. The number of hydrogen-bond acceptors (Lipinski definition) is 2. The van der Waals surface area contributed by atoms with Crippen molar-refractivity contribution < 1.29 is 9.50 Å². The number of phenols is 1. The van der Waals surface area contributed by atoms with Gasteiger partial charge in [0.25, 0.3) is 0 Å². The van der Waals surface area contributed by atoms with Gasteiger partial charge in [-0.2, -0.15) is 0 Å². The normalized spacial score (nSPS) is 13.0. The van der Waals surface area contributed by atoms with E-state index < -0.39 is 11.9 Å². The van der Waals surface area contributed by atoms with Crippen LogP contribution in [0.25, 0.3) is 0 Å². The molecule has 0 spiro atoms. The van der Waals surface area contributed by atoms with Gasteiger partial charge < -0.3 is 10.8 Å². The van der Waals surface area contributed by atoms with Crippen molar-refractivity contribution in [2.24, 2.45) is 5.73 Å². The Kier molecular flexibility index (Phi) is 2.55. The minimum atomic E-state index is -0.524. The third kappa shape index (κ3) is 1.52. The Balaban J connectivity index is 3.33. The van der Waals surface area contributed by atoms with Crippen LogP contribution in [-0.4, -0.2) is 5.11 Å². The number of benzene rings is 1. The maximum atomic E-state index is 13.0. The topological polar surface area (TPSA) is 46.2 Å². The van der Waals surface area contributed by atoms with Gasteiger partial charge in [-0.3, -0.25) is 0 Å². The standard InChI is InChI=1S/C8H9ClFNO/c1-4(11)7-5(10)2-3-6(12)8(7)9/h2-4,12H,11H2,1H3. The largest absolute Gasteiger partial charge is 0.506 e. The van der Waals surface area contributed by atoms with E-state index in [9.17, 15) is 4.39 Å². The lowest BCUT2D eigenvalue weighted by Crippen LogP contribution is -2.08. The van der Waals surface area contributed by atoms with E-state index in [1.165, 1.54) is 6.07 Å². The van der Waals surface area contributed by atoms with Crippen LogP contribution in [0, 0.1) is 5.82 Å². The molecule has 0 aromatic heterocycles. The Morgan fingerprint density at radius 1 is 1.58 bits per heavy atom. The molecule has 1 unspecified atom stereocenters. The lowest BCUT2D eigenvalue weighted by atomic mass is 10.1. The Hall–Kier alpha value is -0.800. The van der Waals surface area contributed by atoms with Crippen molar-refractivity contribution >= 4 is 11.6 Å². The zero-order valence-corrected chi connectivity index (χ0v) is 7.27. The first-order valence-electron chi connectivity index (χ1n) is 3.46. The summed E-state index contributed by atoms with van der Waals surface area (Å²) in [6, 6.07) is 1.81. The molecule has 1 rings (SSSR count). The van der Waals surface area contributed by atoms with Gasteiger partial charge in [0.1, 0.15) is 11.6 Å². The van der Waals surface area contributed by atoms with E-state index in [1.54, 1.807) is 6.92 Å². The van der Waals surface area contributed by atoms with Crippen molar-refractivity contribution in [3.05, 3.63) is 28.5 Å². The van der Waals surface area contributed by atoms with Gasteiger partial charge in [0.15, 0.2) is 0 Å². The fourth-order valence-electron chi connectivity index (χ4n) is 0.975. The van der Waals surface area contributed by atoms with E-state index in [0.717, 1.165) is 6.07 Å². The second kappa shape index (κ2) is 3.29. The van der Waals surface area contributed by atoms with Crippen LogP contribution in [0.1, 0.15) is 18.5 Å². The van der Waals surface area contributed by atoms with Gasteiger partial charge in [0, 0.05) is 11.6 Å². The first-order chi connectivity index (χ1) is 5.54. The fourth-order valence-corrected chi connectivity index (χ4v) is 1.30. The monoisotopic (exact) mass is 189 g/mol. The SMILES string of the molecule is CC(N)c1c(F)ccc(O)c1Cl. The predicted octanol–water partition coefficient (Wildman–Crippen LogP) is 2.20. The predicted molar refractivity (Wildman–Crippen MR) is 45.7 cm³/mol. The number of halogens is 2. The number of rotatable bonds is 1. The minimum Gasteiger partial charge on any atom is -0.506 e. The molecule has 66 valence electrons. The summed E-state index contributed by atoms with van der Waals surface area (Å²) in [4.78, 5) is 0. The highest BCUT2D eigenvalue weighted by Crippen LogP contribution is 2.31. The molecule has 0 saturated carbocycles. The Morgan fingerprint density at radius 2 is 2.17 bits per heavy atom. The van der Waals surface area contributed by atoms with Crippen molar-refractivity contribution in [2.45, 2.75) is 13.0 Å². The Morgan fingerprint density at radius 3 is 2.58 bits per heavy atom. The minimum absolute atomic E-state index is 0.00926. The summed E-state index contributed by atoms with van der Waals surface area (Å²) in [6.07, 6.45) is 0. The molecule has 0 fully saturated rings. The van der Waals surface area contributed by atoms with Gasteiger partial charge in [-0.05, 0) is 19.1 Å². The van der Waals surface area contributed by atoms with Crippen LogP contribution >= 0.6 is 11.6 Å². The van der Waals surface area contributed by atoms with Gasteiger partial charge in [-0.25, -0.2) is 4.39 Å². The number of aromatic hydroxyl groups is 1. The fraction of sp³-hybridized carbons (Fsp3) is 0.250. The molecule has 1 atom stereocenters. The highest BCUT2D eigenvalue weighted by atomic mass is 35.5. The number of hydrogen-bond donors (Lipinski definition) is 2. The molecule has 2 nitrogen and oxygen atoms in total. The highest BCUT2D eigenvalue weighted by Gasteiger charge is 2.14. The van der Waals surface area contributed by atoms with Crippen LogP contribution in [-0.2, 0) is 0 Å². The lowest BCUT2D eigenvalue weighted by molar-refractivity contribution is 0.470. The van der Waals surface area contributed by atoms with Gasteiger partial charge >= 0.3 is 0 Å². The molecule has 0 amide bonds. The van der Waals surface area contributed by atoms with E-state index in [0.29, 0.717) is 0 Å².